The van der Waals surface area contributed by atoms with Crippen LogP contribution in [0.2, 0.25) is 0 Å². The minimum absolute atomic E-state index is 0.121. The number of carbonyl (C=O) groups excluding carboxylic acids is 2. The summed E-state index contributed by atoms with van der Waals surface area (Å²) in [5.74, 6) is 0.344. The van der Waals surface area contributed by atoms with E-state index in [4.69, 9.17) is 10.5 Å². The molecule has 0 bridgehead atoms. The zero-order valence-corrected chi connectivity index (χ0v) is 15.2. The number of hydrogen-bond acceptors (Lipinski definition) is 4. The van der Waals surface area contributed by atoms with Gasteiger partial charge >= 0.3 is 6.09 Å². The van der Waals surface area contributed by atoms with E-state index in [9.17, 15) is 9.59 Å². The maximum atomic E-state index is 12.3. The number of nitrogens with two attached hydrogens (primary N) is 1. The summed E-state index contributed by atoms with van der Waals surface area (Å²) in [6.45, 7) is 7.97. The molecular weight excluding hydrogens is 318 g/mol. The largest absolute Gasteiger partial charge is 0.444 e. The maximum absolute atomic E-state index is 12.3. The second-order valence-corrected chi connectivity index (χ2v) is 7.92. The average molecular weight is 345 g/mol. The highest BCUT2D eigenvalue weighted by Gasteiger charge is 2.31. The molecule has 2 amide bonds. The summed E-state index contributed by atoms with van der Waals surface area (Å²) in [4.78, 5) is 28.1. The van der Waals surface area contributed by atoms with Crippen molar-refractivity contribution in [2.24, 2.45) is 11.7 Å². The van der Waals surface area contributed by atoms with Gasteiger partial charge in [-0.1, -0.05) is 6.07 Å². The second kappa shape index (κ2) is 6.67. The van der Waals surface area contributed by atoms with Gasteiger partial charge in [-0.15, -0.1) is 0 Å². The van der Waals surface area contributed by atoms with Crippen LogP contribution in [0.15, 0.2) is 18.2 Å². The van der Waals surface area contributed by atoms with Crippen LogP contribution in [0.25, 0.3) is 0 Å². The Morgan fingerprint density at radius 1 is 1.32 bits per heavy atom. The lowest BCUT2D eigenvalue weighted by Crippen LogP contribution is -2.40. The summed E-state index contributed by atoms with van der Waals surface area (Å²) in [6, 6.07) is 6.10. The van der Waals surface area contributed by atoms with E-state index in [-0.39, 0.29) is 17.9 Å². The summed E-state index contributed by atoms with van der Waals surface area (Å²) in [5, 5.41) is 0. The van der Waals surface area contributed by atoms with E-state index in [1.807, 2.05) is 37.8 Å². The first kappa shape index (κ1) is 17.7. The smallest absolute Gasteiger partial charge is 0.410 e. The van der Waals surface area contributed by atoms with Gasteiger partial charge in [-0.3, -0.25) is 4.79 Å². The molecule has 2 N–H and O–H groups in total. The van der Waals surface area contributed by atoms with Crippen molar-refractivity contribution in [1.82, 2.24) is 4.90 Å². The lowest BCUT2D eigenvalue weighted by Gasteiger charge is -2.32. The van der Waals surface area contributed by atoms with E-state index in [0.29, 0.717) is 32.6 Å². The Balaban J connectivity index is 1.76. The van der Waals surface area contributed by atoms with Gasteiger partial charge < -0.3 is 20.3 Å². The average Bonchev–Trinajstić information content (AvgIpc) is 2.93. The van der Waals surface area contributed by atoms with Crippen LogP contribution >= 0.6 is 0 Å². The monoisotopic (exact) mass is 345 g/mol. The number of benzene rings is 1. The molecule has 25 heavy (non-hydrogen) atoms. The molecule has 1 aromatic rings. The Hall–Kier alpha value is -2.08. The molecule has 1 fully saturated rings. The van der Waals surface area contributed by atoms with Crippen LogP contribution in [0.1, 0.15) is 38.3 Å². The van der Waals surface area contributed by atoms with Crippen molar-refractivity contribution in [1.29, 1.82) is 0 Å². The third kappa shape index (κ3) is 3.95. The Morgan fingerprint density at radius 3 is 2.72 bits per heavy atom. The van der Waals surface area contributed by atoms with E-state index in [1.165, 1.54) is 5.56 Å². The highest BCUT2D eigenvalue weighted by Crippen LogP contribution is 2.29. The number of amides is 2. The van der Waals surface area contributed by atoms with Crippen molar-refractivity contribution in [2.75, 3.05) is 24.5 Å². The van der Waals surface area contributed by atoms with E-state index in [0.717, 1.165) is 17.7 Å². The van der Waals surface area contributed by atoms with Gasteiger partial charge in [-0.25, -0.2) is 4.79 Å². The number of hydrogen-bond donors (Lipinski definition) is 1. The lowest BCUT2D eigenvalue weighted by atomic mass is 9.99. The van der Waals surface area contributed by atoms with Crippen molar-refractivity contribution < 1.29 is 14.3 Å². The van der Waals surface area contributed by atoms with Crippen LogP contribution in [0.5, 0.6) is 0 Å². The van der Waals surface area contributed by atoms with Gasteiger partial charge in [0.25, 0.3) is 0 Å². The molecule has 0 spiro atoms. The Labute approximate surface area is 148 Å². The Bertz CT molecular complexity index is 681. The van der Waals surface area contributed by atoms with E-state index >= 15 is 0 Å². The SMILES string of the molecule is CC(C)(C)OC(=O)N1CCc2ccc(N3CC(CN)CC3=O)cc2C1. The predicted octanol–water partition coefficient (Wildman–Crippen LogP) is 2.29. The number of nitrogens with zero attached hydrogens (tertiary/aromatic N) is 2. The van der Waals surface area contributed by atoms with E-state index in [1.54, 1.807) is 4.90 Å². The first-order chi connectivity index (χ1) is 11.8. The maximum Gasteiger partial charge on any atom is 0.410 e. The molecule has 136 valence electrons. The molecule has 2 aliphatic heterocycles. The summed E-state index contributed by atoms with van der Waals surface area (Å²) >= 11 is 0. The third-order valence-corrected chi connectivity index (χ3v) is 4.70. The minimum Gasteiger partial charge on any atom is -0.444 e. The van der Waals surface area contributed by atoms with Gasteiger partial charge in [-0.2, -0.15) is 0 Å². The fourth-order valence-corrected chi connectivity index (χ4v) is 3.38. The van der Waals surface area contributed by atoms with Gasteiger partial charge in [0.15, 0.2) is 0 Å². The van der Waals surface area contributed by atoms with Crippen molar-refractivity contribution in [3.05, 3.63) is 29.3 Å². The van der Waals surface area contributed by atoms with Gasteiger partial charge in [0.2, 0.25) is 5.91 Å². The highest BCUT2D eigenvalue weighted by atomic mass is 16.6. The van der Waals surface area contributed by atoms with Crippen LogP contribution in [0.4, 0.5) is 10.5 Å². The predicted molar refractivity (Wildman–Crippen MR) is 96.3 cm³/mol. The molecule has 6 heteroatoms. The summed E-state index contributed by atoms with van der Waals surface area (Å²) in [6.07, 6.45) is 1.02. The minimum atomic E-state index is -0.502. The Morgan fingerprint density at radius 2 is 2.08 bits per heavy atom. The standard InChI is InChI=1S/C19H27N3O3/c1-19(2,3)25-18(24)21-7-6-14-4-5-16(9-15(14)12-21)22-11-13(10-20)8-17(22)23/h4-5,9,13H,6-8,10-12,20H2,1-3H3. The van der Waals surface area contributed by atoms with Gasteiger partial charge in [0.05, 0.1) is 0 Å². The van der Waals surface area contributed by atoms with Crippen LogP contribution in [0, 0.1) is 5.92 Å². The molecule has 1 atom stereocenters. The fourth-order valence-electron chi connectivity index (χ4n) is 3.38. The zero-order valence-electron chi connectivity index (χ0n) is 15.2. The molecule has 0 aromatic heterocycles. The van der Waals surface area contributed by atoms with Crippen LogP contribution in [0.3, 0.4) is 0 Å². The lowest BCUT2D eigenvalue weighted by molar-refractivity contribution is -0.117. The normalized spacial score (nSPS) is 20.6. The summed E-state index contributed by atoms with van der Waals surface area (Å²) in [5.41, 5.74) is 8.41. The fraction of sp³-hybridized carbons (Fsp3) is 0.579. The van der Waals surface area contributed by atoms with Crippen molar-refractivity contribution >= 4 is 17.7 Å². The highest BCUT2D eigenvalue weighted by molar-refractivity contribution is 5.95. The van der Waals surface area contributed by atoms with Crippen LogP contribution in [-0.4, -0.2) is 42.1 Å². The van der Waals surface area contributed by atoms with E-state index < -0.39 is 5.60 Å². The number of rotatable bonds is 2. The first-order valence-corrected chi connectivity index (χ1v) is 8.87. The van der Waals surface area contributed by atoms with Crippen LogP contribution < -0.4 is 10.6 Å². The number of carbonyl (C=O) groups is 2. The molecule has 1 unspecified atom stereocenters. The summed E-state index contributed by atoms with van der Waals surface area (Å²) < 4.78 is 5.48. The third-order valence-electron chi connectivity index (χ3n) is 4.70. The van der Waals surface area contributed by atoms with Crippen molar-refractivity contribution in [3.8, 4) is 0 Å². The second-order valence-electron chi connectivity index (χ2n) is 7.92. The van der Waals surface area contributed by atoms with Gasteiger partial charge in [0.1, 0.15) is 5.60 Å². The molecule has 2 aliphatic rings. The van der Waals surface area contributed by atoms with Gasteiger partial charge in [-0.05, 0) is 62.9 Å². The number of fused-ring (bicyclic) bond motifs is 1. The Kier molecular flexibility index (Phi) is 4.73. The first-order valence-electron chi connectivity index (χ1n) is 8.87. The molecule has 1 aromatic carbocycles. The van der Waals surface area contributed by atoms with Crippen molar-refractivity contribution in [3.63, 3.8) is 0 Å². The zero-order chi connectivity index (χ0) is 18.2. The molecule has 0 aliphatic carbocycles. The molecule has 0 saturated carbocycles. The van der Waals surface area contributed by atoms with Gasteiger partial charge in [0, 0.05) is 31.7 Å². The summed E-state index contributed by atoms with van der Waals surface area (Å²) in [7, 11) is 0. The molecule has 3 rings (SSSR count). The molecular formula is C19H27N3O3. The molecule has 0 radical (unpaired) electrons. The molecule has 2 heterocycles. The molecule has 6 nitrogen and oxygen atoms in total. The number of ether oxygens (including phenoxy) is 1. The quantitative estimate of drug-likeness (QED) is 0.892. The number of anilines is 1. The topological polar surface area (TPSA) is 75.9 Å². The molecule has 1 saturated heterocycles. The van der Waals surface area contributed by atoms with Crippen LogP contribution in [-0.2, 0) is 22.5 Å². The van der Waals surface area contributed by atoms with E-state index in [2.05, 4.69) is 6.07 Å². The van der Waals surface area contributed by atoms with Crippen molar-refractivity contribution in [2.45, 2.75) is 45.8 Å².